The fraction of sp³-hybridized carbons (Fsp3) is 0.105. The van der Waals surface area contributed by atoms with Crippen LogP contribution < -0.4 is 10.1 Å². The van der Waals surface area contributed by atoms with Crippen molar-refractivity contribution in [2.24, 2.45) is 0 Å². The number of hydrogen-bond acceptors (Lipinski definition) is 3. The van der Waals surface area contributed by atoms with Crippen molar-refractivity contribution in [2.45, 2.75) is 0 Å². The maximum absolute atomic E-state index is 11.2. The van der Waals surface area contributed by atoms with E-state index >= 15 is 0 Å². The molecular formula is C19H16ClNO3. The second-order valence-electron chi connectivity index (χ2n) is 5.25. The lowest BCUT2D eigenvalue weighted by molar-refractivity contribution is 0.0698. The first-order valence-electron chi connectivity index (χ1n) is 7.52. The number of carboxylic acids is 1. The van der Waals surface area contributed by atoms with Crippen LogP contribution in [-0.2, 0) is 0 Å². The summed E-state index contributed by atoms with van der Waals surface area (Å²) in [5, 5.41) is 14.9. The Bertz CT molecular complexity index is 879. The summed E-state index contributed by atoms with van der Waals surface area (Å²) in [7, 11) is 0. The van der Waals surface area contributed by atoms with Gasteiger partial charge in [0.15, 0.2) is 0 Å². The predicted molar refractivity (Wildman–Crippen MR) is 96.3 cm³/mol. The highest BCUT2D eigenvalue weighted by Crippen LogP contribution is 2.26. The summed E-state index contributed by atoms with van der Waals surface area (Å²) >= 11 is 6.07. The zero-order valence-corrected chi connectivity index (χ0v) is 13.6. The Labute approximate surface area is 144 Å². The van der Waals surface area contributed by atoms with E-state index in [0.717, 1.165) is 16.5 Å². The number of nitrogens with one attached hydrogen (secondary N) is 1. The van der Waals surface area contributed by atoms with Crippen LogP contribution in [0.4, 0.5) is 5.69 Å². The molecular weight excluding hydrogens is 326 g/mol. The lowest BCUT2D eigenvalue weighted by atomic mass is 10.1. The number of aromatic carboxylic acids is 1. The van der Waals surface area contributed by atoms with Gasteiger partial charge in [-0.1, -0.05) is 48.0 Å². The molecule has 0 aliphatic rings. The first kappa shape index (κ1) is 16.1. The van der Waals surface area contributed by atoms with Gasteiger partial charge in [-0.3, -0.25) is 0 Å². The van der Waals surface area contributed by atoms with Crippen molar-refractivity contribution in [3.05, 3.63) is 71.2 Å². The Hall–Kier alpha value is -2.72. The minimum Gasteiger partial charge on any atom is -0.492 e. The number of para-hydroxylation sites is 1. The van der Waals surface area contributed by atoms with E-state index in [4.69, 9.17) is 16.3 Å². The standard InChI is InChI=1S/C19H16ClNO3/c20-17-7-3-6-16(19(22)23)18(17)21-10-11-24-15-9-8-13-4-1-2-5-14(13)12-15/h1-9,12,21H,10-11H2,(H,22,23). The van der Waals surface area contributed by atoms with E-state index in [1.807, 2.05) is 42.5 Å². The monoisotopic (exact) mass is 341 g/mol. The molecule has 24 heavy (non-hydrogen) atoms. The van der Waals surface area contributed by atoms with Gasteiger partial charge in [-0.15, -0.1) is 0 Å². The summed E-state index contributed by atoms with van der Waals surface area (Å²) < 4.78 is 5.72. The Balaban J connectivity index is 1.62. The van der Waals surface area contributed by atoms with Crippen LogP contribution in [0.5, 0.6) is 5.75 Å². The lowest BCUT2D eigenvalue weighted by Gasteiger charge is -2.12. The zero-order chi connectivity index (χ0) is 16.9. The summed E-state index contributed by atoms with van der Waals surface area (Å²) in [5.74, 6) is -0.247. The lowest BCUT2D eigenvalue weighted by Crippen LogP contribution is -2.14. The molecule has 0 bridgehead atoms. The Kier molecular flexibility index (Phi) is 4.87. The van der Waals surface area contributed by atoms with Crippen LogP contribution >= 0.6 is 11.6 Å². The fourth-order valence-corrected chi connectivity index (χ4v) is 2.73. The van der Waals surface area contributed by atoms with Gasteiger partial charge in [-0.25, -0.2) is 4.79 Å². The predicted octanol–water partition coefficient (Wildman–Crippen LogP) is 4.68. The van der Waals surface area contributed by atoms with Gasteiger partial charge in [0.25, 0.3) is 0 Å². The zero-order valence-electron chi connectivity index (χ0n) is 12.8. The van der Waals surface area contributed by atoms with E-state index in [2.05, 4.69) is 5.32 Å². The number of rotatable bonds is 6. The third-order valence-electron chi connectivity index (χ3n) is 3.64. The van der Waals surface area contributed by atoms with Crippen LogP contribution in [0.15, 0.2) is 60.7 Å². The number of carboxylic acid groups (broad SMARTS) is 1. The maximum atomic E-state index is 11.2. The molecule has 4 nitrogen and oxygen atoms in total. The molecule has 0 atom stereocenters. The molecule has 0 amide bonds. The number of benzene rings is 3. The van der Waals surface area contributed by atoms with Gasteiger partial charge < -0.3 is 15.2 Å². The molecule has 0 aliphatic carbocycles. The first-order valence-corrected chi connectivity index (χ1v) is 7.90. The third-order valence-corrected chi connectivity index (χ3v) is 3.95. The molecule has 0 saturated carbocycles. The number of fused-ring (bicyclic) bond motifs is 1. The average Bonchev–Trinajstić information content (AvgIpc) is 2.59. The molecule has 0 fully saturated rings. The van der Waals surface area contributed by atoms with Gasteiger partial charge in [0.2, 0.25) is 0 Å². The van der Waals surface area contributed by atoms with Crippen molar-refractivity contribution in [3.8, 4) is 5.75 Å². The minimum atomic E-state index is -1.02. The normalized spacial score (nSPS) is 10.5. The van der Waals surface area contributed by atoms with Gasteiger partial charge in [-0.2, -0.15) is 0 Å². The van der Waals surface area contributed by atoms with Crippen LogP contribution in [0, 0.1) is 0 Å². The molecule has 122 valence electrons. The summed E-state index contributed by atoms with van der Waals surface area (Å²) in [5.41, 5.74) is 0.557. The van der Waals surface area contributed by atoms with Crippen molar-refractivity contribution in [1.82, 2.24) is 0 Å². The average molecular weight is 342 g/mol. The van der Waals surface area contributed by atoms with Crippen LogP contribution in [0.1, 0.15) is 10.4 Å². The second-order valence-corrected chi connectivity index (χ2v) is 5.66. The van der Waals surface area contributed by atoms with Gasteiger partial charge in [0.05, 0.1) is 16.3 Å². The van der Waals surface area contributed by atoms with Crippen molar-refractivity contribution in [1.29, 1.82) is 0 Å². The molecule has 0 spiro atoms. The minimum absolute atomic E-state index is 0.146. The van der Waals surface area contributed by atoms with Crippen LogP contribution in [0.25, 0.3) is 10.8 Å². The smallest absolute Gasteiger partial charge is 0.337 e. The first-order chi connectivity index (χ1) is 11.6. The van der Waals surface area contributed by atoms with Gasteiger partial charge in [0.1, 0.15) is 12.4 Å². The van der Waals surface area contributed by atoms with Gasteiger partial charge in [0, 0.05) is 6.54 Å². The molecule has 0 radical (unpaired) electrons. The van der Waals surface area contributed by atoms with E-state index in [1.54, 1.807) is 12.1 Å². The van der Waals surface area contributed by atoms with E-state index in [-0.39, 0.29) is 5.56 Å². The summed E-state index contributed by atoms with van der Waals surface area (Å²) in [6.07, 6.45) is 0. The van der Waals surface area contributed by atoms with Crippen LogP contribution in [0.3, 0.4) is 0 Å². The molecule has 0 heterocycles. The van der Waals surface area contributed by atoms with Gasteiger partial charge in [-0.05, 0) is 35.0 Å². The van der Waals surface area contributed by atoms with Crippen molar-refractivity contribution >= 4 is 34.0 Å². The Morgan fingerprint density at radius 1 is 1.04 bits per heavy atom. The highest BCUT2D eigenvalue weighted by atomic mass is 35.5. The molecule has 0 aromatic heterocycles. The number of halogens is 1. The summed E-state index contributed by atoms with van der Waals surface area (Å²) in [6.45, 7) is 0.833. The Morgan fingerprint density at radius 2 is 1.83 bits per heavy atom. The molecule has 3 aromatic carbocycles. The highest BCUT2D eigenvalue weighted by molar-refractivity contribution is 6.34. The van der Waals surface area contributed by atoms with Crippen molar-refractivity contribution < 1.29 is 14.6 Å². The Morgan fingerprint density at radius 3 is 2.62 bits per heavy atom. The number of ether oxygens (including phenoxy) is 1. The van der Waals surface area contributed by atoms with Crippen LogP contribution in [0.2, 0.25) is 5.02 Å². The molecule has 0 unspecified atom stereocenters. The van der Waals surface area contributed by atoms with Crippen LogP contribution in [-0.4, -0.2) is 24.2 Å². The van der Waals surface area contributed by atoms with Crippen molar-refractivity contribution in [2.75, 3.05) is 18.5 Å². The quantitative estimate of drug-likeness (QED) is 0.639. The highest BCUT2D eigenvalue weighted by Gasteiger charge is 2.12. The summed E-state index contributed by atoms with van der Waals surface area (Å²) in [6, 6.07) is 18.7. The maximum Gasteiger partial charge on any atom is 0.337 e. The van der Waals surface area contributed by atoms with E-state index in [1.165, 1.54) is 6.07 Å². The largest absolute Gasteiger partial charge is 0.492 e. The van der Waals surface area contributed by atoms with Gasteiger partial charge >= 0.3 is 5.97 Å². The number of anilines is 1. The van der Waals surface area contributed by atoms with E-state index < -0.39 is 5.97 Å². The molecule has 0 aliphatic heterocycles. The third kappa shape index (κ3) is 3.60. The second kappa shape index (κ2) is 7.23. The summed E-state index contributed by atoms with van der Waals surface area (Å²) in [4.78, 5) is 11.2. The number of carbonyl (C=O) groups is 1. The molecule has 3 aromatic rings. The van der Waals surface area contributed by atoms with E-state index in [0.29, 0.717) is 23.9 Å². The molecule has 5 heteroatoms. The van der Waals surface area contributed by atoms with E-state index in [9.17, 15) is 9.90 Å². The topological polar surface area (TPSA) is 58.6 Å². The SMILES string of the molecule is O=C(O)c1cccc(Cl)c1NCCOc1ccc2ccccc2c1. The van der Waals surface area contributed by atoms with Crippen molar-refractivity contribution in [3.63, 3.8) is 0 Å². The molecule has 3 rings (SSSR count). The molecule has 0 saturated heterocycles. The molecule has 2 N–H and O–H groups in total. The fourth-order valence-electron chi connectivity index (χ4n) is 2.48. The number of hydrogen-bond donors (Lipinski definition) is 2.